The van der Waals surface area contributed by atoms with Crippen molar-refractivity contribution in [3.05, 3.63) is 35.9 Å². The molecule has 1 aromatic rings. The molecule has 0 aliphatic heterocycles. The minimum absolute atomic E-state index is 0.0571. The van der Waals surface area contributed by atoms with Crippen LogP contribution < -0.4 is 0 Å². The Kier molecular flexibility index (Phi) is 4.33. The first-order chi connectivity index (χ1) is 6.64. The van der Waals surface area contributed by atoms with Gasteiger partial charge in [-0.25, -0.2) is 0 Å². The van der Waals surface area contributed by atoms with E-state index in [0.29, 0.717) is 6.61 Å². The molecule has 0 radical (unpaired) electrons. The van der Waals surface area contributed by atoms with Crippen LogP contribution in [0, 0.1) is 0 Å². The zero-order valence-corrected chi connectivity index (χ0v) is 9.11. The van der Waals surface area contributed by atoms with Gasteiger partial charge in [0.1, 0.15) is 6.35 Å². The number of ether oxygens (including phenoxy) is 1. The van der Waals surface area contributed by atoms with Crippen LogP contribution >= 0.6 is 7.37 Å². The first-order valence-electron chi connectivity index (χ1n) is 4.56. The van der Waals surface area contributed by atoms with Crippen LogP contribution in [0.15, 0.2) is 30.3 Å². The summed E-state index contributed by atoms with van der Waals surface area (Å²) in [7, 11) is -3.15. The molecule has 1 aromatic carbocycles. The Morgan fingerprint density at radius 2 is 2.00 bits per heavy atom. The van der Waals surface area contributed by atoms with E-state index in [2.05, 4.69) is 0 Å². The van der Waals surface area contributed by atoms with Gasteiger partial charge in [-0.05, 0) is 12.5 Å². The second-order valence-electron chi connectivity index (χ2n) is 3.11. The lowest BCUT2D eigenvalue weighted by Crippen LogP contribution is -1.97. The van der Waals surface area contributed by atoms with Crippen LogP contribution in [0.2, 0.25) is 0 Å². The van der Waals surface area contributed by atoms with Crippen molar-refractivity contribution in [3.8, 4) is 0 Å². The van der Waals surface area contributed by atoms with Gasteiger partial charge >= 0.3 is 0 Å². The molecular weight excluding hydrogens is 199 g/mol. The molecule has 0 bridgehead atoms. The average Bonchev–Trinajstić information content (AvgIpc) is 2.16. The maximum Gasteiger partial charge on any atom is 0.229 e. The highest BCUT2D eigenvalue weighted by Crippen LogP contribution is 2.44. The number of benzene rings is 1. The Morgan fingerprint density at radius 1 is 1.36 bits per heavy atom. The molecule has 0 fully saturated rings. The summed E-state index contributed by atoms with van der Waals surface area (Å²) in [5, 5.41) is 0. The third-order valence-corrected chi connectivity index (χ3v) is 3.21. The monoisotopic (exact) mass is 214 g/mol. The van der Waals surface area contributed by atoms with Gasteiger partial charge in [0.05, 0.1) is 6.16 Å². The van der Waals surface area contributed by atoms with Crippen LogP contribution in [-0.2, 0) is 15.5 Å². The minimum atomic E-state index is -3.15. The molecule has 14 heavy (non-hydrogen) atoms. The van der Waals surface area contributed by atoms with E-state index in [1.165, 1.54) is 0 Å². The highest BCUT2D eigenvalue weighted by atomic mass is 31.2. The zero-order chi connectivity index (χ0) is 10.4. The summed E-state index contributed by atoms with van der Waals surface area (Å²) in [4.78, 5) is 9.53. The second-order valence-corrected chi connectivity index (χ2v) is 5.38. The lowest BCUT2D eigenvalue weighted by Gasteiger charge is -2.10. The van der Waals surface area contributed by atoms with Gasteiger partial charge in [0.2, 0.25) is 7.37 Å². The van der Waals surface area contributed by atoms with E-state index in [4.69, 9.17) is 4.74 Å². The molecule has 1 atom stereocenters. The Balaban J connectivity index is 2.55. The fourth-order valence-corrected chi connectivity index (χ4v) is 2.49. The topological polar surface area (TPSA) is 46.5 Å². The van der Waals surface area contributed by atoms with Crippen molar-refractivity contribution in [2.24, 2.45) is 0 Å². The van der Waals surface area contributed by atoms with E-state index in [1.807, 2.05) is 37.3 Å². The van der Waals surface area contributed by atoms with Gasteiger partial charge in [-0.15, -0.1) is 0 Å². The van der Waals surface area contributed by atoms with Crippen LogP contribution in [0.5, 0.6) is 0 Å². The van der Waals surface area contributed by atoms with Crippen LogP contribution in [0.25, 0.3) is 0 Å². The quantitative estimate of drug-likeness (QED) is 0.766. The summed E-state index contributed by atoms with van der Waals surface area (Å²) in [5.41, 5.74) is 0.873. The molecule has 0 aromatic heterocycles. The predicted molar refractivity (Wildman–Crippen MR) is 56.5 cm³/mol. The van der Waals surface area contributed by atoms with Gasteiger partial charge < -0.3 is 9.63 Å². The maximum absolute atomic E-state index is 11.6. The fourth-order valence-electron chi connectivity index (χ4n) is 1.15. The molecule has 78 valence electrons. The number of rotatable bonds is 5. The minimum Gasteiger partial charge on any atom is -0.372 e. The first kappa shape index (κ1) is 11.4. The average molecular weight is 214 g/mol. The molecule has 1 unspecified atom stereocenters. The van der Waals surface area contributed by atoms with Crippen LogP contribution in [0.1, 0.15) is 12.5 Å². The summed E-state index contributed by atoms with van der Waals surface area (Å²) in [6.07, 6.45) is 0.131. The van der Waals surface area contributed by atoms with Gasteiger partial charge in [-0.2, -0.15) is 0 Å². The third kappa shape index (κ3) is 4.05. The smallest absolute Gasteiger partial charge is 0.229 e. The van der Waals surface area contributed by atoms with Crippen molar-refractivity contribution in [1.82, 2.24) is 0 Å². The largest absolute Gasteiger partial charge is 0.372 e. The molecular formula is C10H15O3P. The fraction of sp³-hybridized carbons (Fsp3) is 0.400. The number of hydrogen-bond acceptors (Lipinski definition) is 2. The highest BCUT2D eigenvalue weighted by Gasteiger charge is 2.18. The molecule has 4 heteroatoms. The molecule has 0 saturated heterocycles. The van der Waals surface area contributed by atoms with Gasteiger partial charge in [0.15, 0.2) is 0 Å². The normalized spacial score (nSPS) is 15.0. The van der Waals surface area contributed by atoms with Crippen LogP contribution in [0.3, 0.4) is 0 Å². The van der Waals surface area contributed by atoms with Crippen molar-refractivity contribution >= 4 is 7.37 Å². The SMILES string of the molecule is CCOCP(=O)(O)Cc1ccccc1. The summed E-state index contributed by atoms with van der Waals surface area (Å²) < 4.78 is 16.5. The maximum atomic E-state index is 11.6. The lowest BCUT2D eigenvalue weighted by atomic mass is 10.2. The molecule has 0 saturated carbocycles. The summed E-state index contributed by atoms with van der Waals surface area (Å²) in [5.74, 6) is 0. The van der Waals surface area contributed by atoms with E-state index in [0.717, 1.165) is 5.56 Å². The summed E-state index contributed by atoms with van der Waals surface area (Å²) in [6.45, 7) is 2.28. The Hall–Kier alpha value is -0.630. The van der Waals surface area contributed by atoms with Crippen molar-refractivity contribution in [2.45, 2.75) is 13.1 Å². The van der Waals surface area contributed by atoms with Gasteiger partial charge in [-0.1, -0.05) is 30.3 Å². The second kappa shape index (κ2) is 5.30. The zero-order valence-electron chi connectivity index (χ0n) is 8.22. The van der Waals surface area contributed by atoms with E-state index in [-0.39, 0.29) is 12.5 Å². The molecule has 0 aliphatic carbocycles. The Labute approximate surface area is 84.2 Å². The van der Waals surface area contributed by atoms with E-state index < -0.39 is 7.37 Å². The highest BCUT2D eigenvalue weighted by molar-refractivity contribution is 7.56. The van der Waals surface area contributed by atoms with E-state index >= 15 is 0 Å². The van der Waals surface area contributed by atoms with E-state index in [1.54, 1.807) is 0 Å². The van der Waals surface area contributed by atoms with Crippen molar-refractivity contribution < 1.29 is 14.2 Å². The molecule has 0 amide bonds. The van der Waals surface area contributed by atoms with Gasteiger partial charge in [0.25, 0.3) is 0 Å². The van der Waals surface area contributed by atoms with Crippen molar-refractivity contribution in [2.75, 3.05) is 13.0 Å². The van der Waals surface area contributed by atoms with Crippen LogP contribution in [0.4, 0.5) is 0 Å². The van der Waals surface area contributed by atoms with Crippen LogP contribution in [-0.4, -0.2) is 17.8 Å². The first-order valence-corrected chi connectivity index (χ1v) is 6.59. The molecule has 1 N–H and O–H groups in total. The molecule has 0 aliphatic rings. The molecule has 3 nitrogen and oxygen atoms in total. The Morgan fingerprint density at radius 3 is 2.57 bits per heavy atom. The van der Waals surface area contributed by atoms with Crippen molar-refractivity contribution in [3.63, 3.8) is 0 Å². The summed E-state index contributed by atoms with van der Waals surface area (Å²) >= 11 is 0. The standard InChI is InChI=1S/C10H15O3P/c1-2-13-9-14(11,12)8-10-6-4-3-5-7-10/h3-7H,2,8-9H2,1H3,(H,11,12). The molecule has 0 heterocycles. The van der Waals surface area contributed by atoms with E-state index in [9.17, 15) is 9.46 Å². The predicted octanol–water partition coefficient (Wildman–Crippen LogP) is 2.45. The molecule has 0 spiro atoms. The molecule has 1 rings (SSSR count). The van der Waals surface area contributed by atoms with Crippen molar-refractivity contribution in [1.29, 1.82) is 0 Å². The number of hydrogen-bond donors (Lipinski definition) is 1. The third-order valence-electron chi connectivity index (χ3n) is 1.77. The summed E-state index contributed by atoms with van der Waals surface area (Å²) in [6, 6.07) is 9.28. The lowest BCUT2D eigenvalue weighted by molar-refractivity contribution is 0.183. The van der Waals surface area contributed by atoms with Gasteiger partial charge in [-0.3, -0.25) is 4.57 Å². The Bertz CT molecular complexity index is 310. The van der Waals surface area contributed by atoms with Gasteiger partial charge in [0, 0.05) is 6.61 Å².